The van der Waals surface area contributed by atoms with E-state index in [1.807, 2.05) is 59.6 Å². The van der Waals surface area contributed by atoms with Gasteiger partial charge in [-0.1, -0.05) is 29.8 Å². The van der Waals surface area contributed by atoms with E-state index in [0.717, 1.165) is 35.4 Å². The van der Waals surface area contributed by atoms with Crippen molar-refractivity contribution in [3.05, 3.63) is 98.6 Å². The standard InChI is InChI=1S/C29H28ClN3O2S/c1-18-12-13-24(23(30)15-18)31-29(34)33-17-22-21-9-3-4-11-26(21)36-28(22)32-14-6-10-25(32)27(33)19-7-5-8-20(16-19)35-2/h5-8,10,12-16,27H,3-4,9,11,17H2,1-2H3,(H,31,34). The number of thiophene rings is 1. The number of carbonyl (C=O) groups excluding carboxylic acids is 1. The third-order valence-electron chi connectivity index (χ3n) is 7.22. The van der Waals surface area contributed by atoms with Gasteiger partial charge in [0.1, 0.15) is 10.8 Å². The van der Waals surface area contributed by atoms with Crippen LogP contribution < -0.4 is 10.1 Å². The molecule has 1 N–H and O–H groups in total. The number of ether oxygens (including phenoxy) is 1. The fourth-order valence-electron chi connectivity index (χ4n) is 5.46. The molecular weight excluding hydrogens is 490 g/mol. The first-order chi connectivity index (χ1) is 17.5. The van der Waals surface area contributed by atoms with Crippen LogP contribution >= 0.6 is 22.9 Å². The minimum atomic E-state index is -0.293. The van der Waals surface area contributed by atoms with Crippen molar-refractivity contribution in [1.82, 2.24) is 9.47 Å². The number of aromatic nitrogens is 1. The van der Waals surface area contributed by atoms with Crippen molar-refractivity contribution >= 4 is 34.7 Å². The van der Waals surface area contributed by atoms with E-state index in [1.54, 1.807) is 7.11 Å². The van der Waals surface area contributed by atoms with Gasteiger partial charge in [-0.05, 0) is 85.7 Å². The molecule has 6 rings (SSSR count). The van der Waals surface area contributed by atoms with Crippen LogP contribution in [-0.2, 0) is 19.4 Å². The molecule has 1 unspecified atom stereocenters. The summed E-state index contributed by atoms with van der Waals surface area (Å²) in [5.74, 6) is 0.768. The number of urea groups is 1. The summed E-state index contributed by atoms with van der Waals surface area (Å²) >= 11 is 8.39. The molecule has 3 heterocycles. The Hall–Kier alpha value is -3.22. The highest BCUT2D eigenvalue weighted by Crippen LogP contribution is 2.44. The average Bonchev–Trinajstić information content (AvgIpc) is 3.47. The predicted molar refractivity (Wildman–Crippen MR) is 146 cm³/mol. The van der Waals surface area contributed by atoms with Gasteiger partial charge in [0.15, 0.2) is 0 Å². The van der Waals surface area contributed by atoms with Crippen molar-refractivity contribution in [2.45, 2.75) is 45.2 Å². The van der Waals surface area contributed by atoms with Gasteiger partial charge in [0.05, 0.1) is 36.1 Å². The van der Waals surface area contributed by atoms with Crippen LogP contribution in [0.2, 0.25) is 5.02 Å². The smallest absolute Gasteiger partial charge is 0.323 e. The average molecular weight is 518 g/mol. The van der Waals surface area contributed by atoms with Gasteiger partial charge in [0.25, 0.3) is 0 Å². The van der Waals surface area contributed by atoms with Crippen LogP contribution in [0.15, 0.2) is 60.8 Å². The fourth-order valence-corrected chi connectivity index (χ4v) is 7.14. The van der Waals surface area contributed by atoms with E-state index >= 15 is 0 Å². The number of halogens is 1. The molecule has 0 fully saturated rings. The van der Waals surface area contributed by atoms with E-state index < -0.39 is 0 Å². The molecule has 0 saturated carbocycles. The van der Waals surface area contributed by atoms with Gasteiger partial charge < -0.3 is 19.5 Å². The number of aryl methyl sites for hydroxylation is 2. The maximum atomic E-state index is 14.0. The number of carbonyl (C=O) groups is 1. The van der Waals surface area contributed by atoms with E-state index in [4.69, 9.17) is 16.3 Å². The first kappa shape index (κ1) is 23.2. The Bertz CT molecular complexity index is 1460. The van der Waals surface area contributed by atoms with Crippen LogP contribution in [0.3, 0.4) is 0 Å². The summed E-state index contributed by atoms with van der Waals surface area (Å²) in [4.78, 5) is 17.5. The minimum Gasteiger partial charge on any atom is -0.497 e. The van der Waals surface area contributed by atoms with Crippen molar-refractivity contribution in [3.63, 3.8) is 0 Å². The second-order valence-electron chi connectivity index (χ2n) is 9.52. The first-order valence-electron chi connectivity index (χ1n) is 12.3. The molecule has 1 aliphatic heterocycles. The number of nitrogens with zero attached hydrogens (tertiary/aromatic N) is 2. The molecule has 4 aromatic rings. The van der Waals surface area contributed by atoms with Crippen molar-refractivity contribution in [2.24, 2.45) is 0 Å². The summed E-state index contributed by atoms with van der Waals surface area (Å²) in [7, 11) is 1.67. The number of hydrogen-bond donors (Lipinski definition) is 1. The van der Waals surface area contributed by atoms with Crippen LogP contribution in [0.1, 0.15) is 51.7 Å². The molecule has 5 nitrogen and oxygen atoms in total. The lowest BCUT2D eigenvalue weighted by Gasteiger charge is -2.31. The molecule has 2 amide bonds. The largest absolute Gasteiger partial charge is 0.497 e. The van der Waals surface area contributed by atoms with Gasteiger partial charge in [-0.2, -0.15) is 0 Å². The molecular formula is C29H28ClN3O2S. The maximum absolute atomic E-state index is 14.0. The highest BCUT2D eigenvalue weighted by atomic mass is 35.5. The zero-order valence-electron chi connectivity index (χ0n) is 20.4. The summed E-state index contributed by atoms with van der Waals surface area (Å²) in [5.41, 5.74) is 6.42. The number of fused-ring (bicyclic) bond motifs is 5. The van der Waals surface area contributed by atoms with Crippen LogP contribution in [0.4, 0.5) is 10.5 Å². The summed E-state index contributed by atoms with van der Waals surface area (Å²) < 4.78 is 7.83. The molecule has 0 saturated heterocycles. The summed E-state index contributed by atoms with van der Waals surface area (Å²) in [6.45, 7) is 2.51. The van der Waals surface area contributed by atoms with Gasteiger partial charge in [0, 0.05) is 16.6 Å². The quantitative estimate of drug-likeness (QED) is 0.305. The number of hydrogen-bond acceptors (Lipinski definition) is 3. The van der Waals surface area contributed by atoms with Crippen molar-refractivity contribution < 1.29 is 9.53 Å². The summed E-state index contributed by atoms with van der Waals surface area (Å²) in [5, 5.41) is 4.88. The molecule has 2 aromatic carbocycles. The van der Waals surface area contributed by atoms with Crippen LogP contribution in [0, 0.1) is 6.92 Å². The summed E-state index contributed by atoms with van der Waals surface area (Å²) in [6.07, 6.45) is 6.74. The van der Waals surface area contributed by atoms with Gasteiger partial charge >= 0.3 is 6.03 Å². The lowest BCUT2D eigenvalue weighted by atomic mass is 9.95. The molecule has 1 aliphatic carbocycles. The highest BCUT2D eigenvalue weighted by molar-refractivity contribution is 7.15. The Morgan fingerprint density at radius 1 is 1.08 bits per heavy atom. The zero-order chi connectivity index (χ0) is 24.8. The molecule has 0 bridgehead atoms. The Balaban J connectivity index is 1.50. The molecule has 0 spiro atoms. The van der Waals surface area contributed by atoms with Gasteiger partial charge in [0.2, 0.25) is 0 Å². The number of rotatable bonds is 3. The molecule has 2 aromatic heterocycles. The molecule has 184 valence electrons. The molecule has 1 atom stereocenters. The predicted octanol–water partition coefficient (Wildman–Crippen LogP) is 7.53. The first-order valence-corrected chi connectivity index (χ1v) is 13.5. The molecule has 7 heteroatoms. The van der Waals surface area contributed by atoms with E-state index in [0.29, 0.717) is 17.3 Å². The lowest BCUT2D eigenvalue weighted by molar-refractivity contribution is 0.194. The van der Waals surface area contributed by atoms with Crippen LogP contribution in [0.5, 0.6) is 5.75 Å². The number of amides is 2. The Morgan fingerprint density at radius 2 is 1.94 bits per heavy atom. The van der Waals surface area contributed by atoms with Gasteiger partial charge in [-0.15, -0.1) is 11.3 Å². The van der Waals surface area contributed by atoms with Crippen molar-refractivity contribution in [1.29, 1.82) is 0 Å². The maximum Gasteiger partial charge on any atom is 0.323 e. The van der Waals surface area contributed by atoms with Crippen LogP contribution in [0.25, 0.3) is 5.00 Å². The lowest BCUT2D eigenvalue weighted by Crippen LogP contribution is -2.38. The van der Waals surface area contributed by atoms with Crippen molar-refractivity contribution in [2.75, 3.05) is 12.4 Å². The number of methoxy groups -OCH3 is 1. The number of anilines is 1. The second-order valence-corrected chi connectivity index (χ2v) is 11.0. The SMILES string of the molecule is COc1cccc(C2c3cccn3-c3sc4c(c3CN2C(=O)Nc2ccc(C)cc2Cl)CCCC4)c1. The monoisotopic (exact) mass is 517 g/mol. The van der Waals surface area contributed by atoms with Gasteiger partial charge in [-0.3, -0.25) is 0 Å². The normalized spacial score (nSPS) is 16.5. The topological polar surface area (TPSA) is 46.5 Å². The number of nitrogens with one attached hydrogen (secondary N) is 1. The third-order valence-corrected chi connectivity index (χ3v) is 8.86. The van der Waals surface area contributed by atoms with E-state index in [2.05, 4.69) is 34.3 Å². The number of benzene rings is 2. The van der Waals surface area contributed by atoms with Crippen LogP contribution in [-0.4, -0.2) is 22.6 Å². The highest BCUT2D eigenvalue weighted by Gasteiger charge is 2.36. The summed E-state index contributed by atoms with van der Waals surface area (Å²) in [6, 6.07) is 17.4. The Labute approximate surface area is 220 Å². The zero-order valence-corrected chi connectivity index (χ0v) is 22.0. The molecule has 36 heavy (non-hydrogen) atoms. The Morgan fingerprint density at radius 3 is 2.78 bits per heavy atom. The molecule has 2 aliphatic rings. The fraction of sp³-hybridized carbons (Fsp3) is 0.276. The molecule has 0 radical (unpaired) electrons. The van der Waals surface area contributed by atoms with E-state index in [1.165, 1.54) is 33.8 Å². The van der Waals surface area contributed by atoms with Gasteiger partial charge in [-0.25, -0.2) is 4.79 Å². The van der Waals surface area contributed by atoms with Crippen molar-refractivity contribution in [3.8, 4) is 10.8 Å². The second kappa shape index (κ2) is 9.34. The minimum absolute atomic E-state index is 0.176. The van der Waals surface area contributed by atoms with E-state index in [-0.39, 0.29) is 12.1 Å². The Kier molecular flexibility index (Phi) is 6.02. The van der Waals surface area contributed by atoms with E-state index in [9.17, 15) is 4.79 Å². The third kappa shape index (κ3) is 3.98.